The van der Waals surface area contributed by atoms with Gasteiger partial charge in [-0.25, -0.2) is 13.1 Å². The van der Waals surface area contributed by atoms with E-state index in [2.05, 4.69) is 20.7 Å². The van der Waals surface area contributed by atoms with Crippen molar-refractivity contribution in [1.82, 2.24) is 4.72 Å². The first-order valence-corrected chi connectivity index (χ1v) is 12.0. The van der Waals surface area contributed by atoms with Crippen molar-refractivity contribution >= 4 is 60.9 Å². The van der Waals surface area contributed by atoms with E-state index < -0.39 is 21.7 Å². The van der Waals surface area contributed by atoms with Crippen LogP contribution < -0.4 is 9.46 Å². The highest BCUT2D eigenvalue weighted by Crippen LogP contribution is 2.41. The molecule has 0 aliphatic heterocycles. The largest absolute Gasteiger partial charge is 0.480 e. The number of hydrogen-bond acceptors (Lipinski definition) is 5. The van der Waals surface area contributed by atoms with E-state index >= 15 is 0 Å². The highest BCUT2D eigenvalue weighted by molar-refractivity contribution is 9.10. The molecule has 0 radical (unpaired) electrons. The standard InChI is InChI=1S/C17H16BrCl2NO4S2/c18-11-6-13(19)16(14(20)7-11)25-10-26-9-17(8-15(17)22)21-27(23,24)12-4-2-1-3-5-12/h1-7,15,21-22H,8-10H2. The summed E-state index contributed by atoms with van der Waals surface area (Å²) in [5.74, 6) is 0.929. The summed E-state index contributed by atoms with van der Waals surface area (Å²) in [6.07, 6.45) is -0.380. The van der Waals surface area contributed by atoms with Crippen molar-refractivity contribution in [1.29, 1.82) is 0 Å². The van der Waals surface area contributed by atoms with Crippen molar-refractivity contribution in [2.45, 2.75) is 23.0 Å². The number of ether oxygens (including phenoxy) is 1. The van der Waals surface area contributed by atoms with Gasteiger partial charge in [-0.05, 0) is 30.7 Å². The highest BCUT2D eigenvalue weighted by atomic mass is 79.9. The SMILES string of the molecule is O=S(=O)(NC1(CSCOc2c(Cl)cc(Br)cc2Cl)CC1O)c1ccccc1. The molecule has 0 amide bonds. The molecule has 5 nitrogen and oxygen atoms in total. The smallest absolute Gasteiger partial charge is 0.241 e. The topological polar surface area (TPSA) is 75.6 Å². The quantitative estimate of drug-likeness (QED) is 0.407. The van der Waals surface area contributed by atoms with Crippen molar-refractivity contribution < 1.29 is 18.3 Å². The molecular weight excluding hydrogens is 497 g/mol. The second-order valence-corrected chi connectivity index (χ2v) is 10.4. The molecule has 27 heavy (non-hydrogen) atoms. The fourth-order valence-electron chi connectivity index (χ4n) is 2.50. The number of thioether (sulfide) groups is 1. The Labute approximate surface area is 180 Å². The summed E-state index contributed by atoms with van der Waals surface area (Å²) < 4.78 is 34.0. The van der Waals surface area contributed by atoms with Gasteiger partial charge in [-0.1, -0.05) is 57.3 Å². The Kier molecular flexibility index (Phi) is 6.67. The number of rotatable bonds is 8. The normalized spacial score (nSPS) is 21.9. The van der Waals surface area contributed by atoms with Crippen LogP contribution in [-0.4, -0.2) is 36.9 Å². The number of nitrogens with one attached hydrogen (secondary N) is 1. The molecule has 2 unspecified atom stereocenters. The zero-order valence-electron chi connectivity index (χ0n) is 13.9. The second-order valence-electron chi connectivity index (χ2n) is 6.10. The third kappa shape index (κ3) is 5.12. The van der Waals surface area contributed by atoms with Crippen LogP contribution in [-0.2, 0) is 10.0 Å². The Morgan fingerprint density at radius 2 is 1.85 bits per heavy atom. The van der Waals surface area contributed by atoms with Crippen LogP contribution in [0.2, 0.25) is 10.0 Å². The number of sulfonamides is 1. The minimum atomic E-state index is -3.71. The molecule has 2 atom stereocenters. The van der Waals surface area contributed by atoms with E-state index in [0.717, 1.165) is 4.47 Å². The van der Waals surface area contributed by atoms with Crippen molar-refractivity contribution in [2.24, 2.45) is 0 Å². The van der Waals surface area contributed by atoms with E-state index in [1.165, 1.54) is 23.9 Å². The zero-order valence-corrected chi connectivity index (χ0v) is 18.6. The molecule has 0 bridgehead atoms. The van der Waals surface area contributed by atoms with Gasteiger partial charge in [0.15, 0.2) is 5.75 Å². The zero-order chi connectivity index (χ0) is 19.7. The van der Waals surface area contributed by atoms with Gasteiger partial charge in [0.2, 0.25) is 10.0 Å². The molecule has 146 valence electrons. The van der Waals surface area contributed by atoms with E-state index in [1.807, 2.05) is 0 Å². The third-order valence-electron chi connectivity index (χ3n) is 4.04. The number of aliphatic hydroxyl groups is 1. The van der Waals surface area contributed by atoms with Crippen molar-refractivity contribution in [2.75, 3.05) is 11.7 Å². The van der Waals surface area contributed by atoms with E-state index in [-0.39, 0.29) is 10.8 Å². The average Bonchev–Trinajstić information content (AvgIpc) is 3.22. The van der Waals surface area contributed by atoms with Gasteiger partial charge >= 0.3 is 0 Å². The van der Waals surface area contributed by atoms with E-state index in [1.54, 1.807) is 30.3 Å². The molecule has 0 spiro atoms. The van der Waals surface area contributed by atoms with Crippen LogP contribution >= 0.6 is 50.9 Å². The van der Waals surface area contributed by atoms with Gasteiger partial charge in [0.05, 0.1) is 26.6 Å². The van der Waals surface area contributed by atoms with E-state index in [9.17, 15) is 13.5 Å². The summed E-state index contributed by atoms with van der Waals surface area (Å²) >= 11 is 16.9. The minimum Gasteiger partial charge on any atom is -0.480 e. The molecule has 1 aliphatic carbocycles. The predicted octanol–water partition coefficient (Wildman–Crippen LogP) is 4.31. The summed E-state index contributed by atoms with van der Waals surface area (Å²) in [6, 6.07) is 11.4. The molecule has 10 heteroatoms. The van der Waals surface area contributed by atoms with Crippen LogP contribution in [0.1, 0.15) is 6.42 Å². The van der Waals surface area contributed by atoms with Crippen LogP contribution in [0.3, 0.4) is 0 Å². The summed E-state index contributed by atoms with van der Waals surface area (Å²) in [6.45, 7) is 0. The summed E-state index contributed by atoms with van der Waals surface area (Å²) in [5, 5.41) is 10.7. The molecule has 2 aromatic rings. The molecule has 2 aromatic carbocycles. The monoisotopic (exact) mass is 511 g/mol. The molecule has 3 rings (SSSR count). The molecule has 0 aromatic heterocycles. The maximum Gasteiger partial charge on any atom is 0.241 e. The van der Waals surface area contributed by atoms with Crippen LogP contribution in [0.25, 0.3) is 0 Å². The molecule has 2 N–H and O–H groups in total. The lowest BCUT2D eigenvalue weighted by atomic mass is 10.3. The van der Waals surface area contributed by atoms with Gasteiger partial charge in [-0.3, -0.25) is 0 Å². The van der Waals surface area contributed by atoms with Crippen LogP contribution in [0.5, 0.6) is 5.75 Å². The molecule has 0 saturated heterocycles. The fraction of sp³-hybridized carbons (Fsp3) is 0.294. The number of hydrogen-bond donors (Lipinski definition) is 2. The second kappa shape index (κ2) is 8.49. The Balaban J connectivity index is 1.59. The third-order valence-corrected chi connectivity index (χ3v) is 7.63. The van der Waals surface area contributed by atoms with Gasteiger partial charge in [-0.15, -0.1) is 11.8 Å². The molecule has 1 aliphatic rings. The first-order chi connectivity index (χ1) is 12.7. The number of aliphatic hydroxyl groups excluding tert-OH is 1. The maximum absolute atomic E-state index is 12.5. The maximum atomic E-state index is 12.5. The van der Waals surface area contributed by atoms with Crippen molar-refractivity contribution in [3.05, 3.63) is 57.0 Å². The van der Waals surface area contributed by atoms with Gasteiger partial charge < -0.3 is 9.84 Å². The molecule has 0 heterocycles. The Hall–Kier alpha value is -0.480. The van der Waals surface area contributed by atoms with Gasteiger partial charge in [0.1, 0.15) is 5.94 Å². The van der Waals surface area contributed by atoms with E-state index in [0.29, 0.717) is 28.0 Å². The molecule has 1 fully saturated rings. The lowest BCUT2D eigenvalue weighted by molar-refractivity contribution is 0.249. The van der Waals surface area contributed by atoms with Crippen LogP contribution in [0, 0.1) is 0 Å². The summed E-state index contributed by atoms with van der Waals surface area (Å²) in [5.41, 5.74) is -0.893. The summed E-state index contributed by atoms with van der Waals surface area (Å²) in [4.78, 5) is 0.165. The lowest BCUT2D eigenvalue weighted by Crippen LogP contribution is -2.41. The summed E-state index contributed by atoms with van der Waals surface area (Å²) in [7, 11) is -3.71. The van der Waals surface area contributed by atoms with Gasteiger partial charge in [0.25, 0.3) is 0 Å². The van der Waals surface area contributed by atoms with Crippen LogP contribution in [0.4, 0.5) is 0 Å². The van der Waals surface area contributed by atoms with Crippen molar-refractivity contribution in [3.8, 4) is 5.75 Å². The van der Waals surface area contributed by atoms with Crippen LogP contribution in [0.15, 0.2) is 51.8 Å². The van der Waals surface area contributed by atoms with E-state index in [4.69, 9.17) is 27.9 Å². The Bertz CT molecular complexity index is 907. The molecular formula is C17H16BrCl2NO4S2. The fourth-order valence-corrected chi connectivity index (χ4v) is 6.40. The minimum absolute atomic E-state index is 0.165. The van der Waals surface area contributed by atoms with Gasteiger partial charge in [-0.2, -0.15) is 0 Å². The first-order valence-electron chi connectivity index (χ1n) is 7.86. The highest BCUT2D eigenvalue weighted by Gasteiger charge is 2.55. The molecule has 1 saturated carbocycles. The lowest BCUT2D eigenvalue weighted by Gasteiger charge is -2.18. The first kappa shape index (κ1) is 21.2. The Morgan fingerprint density at radius 1 is 1.26 bits per heavy atom. The number of benzene rings is 2. The Morgan fingerprint density at radius 3 is 2.41 bits per heavy atom. The van der Waals surface area contributed by atoms with Gasteiger partial charge in [0, 0.05) is 10.2 Å². The average molecular weight is 513 g/mol. The van der Waals surface area contributed by atoms with Crippen molar-refractivity contribution in [3.63, 3.8) is 0 Å². The predicted molar refractivity (Wildman–Crippen MR) is 112 cm³/mol. The number of halogens is 3.